The normalized spacial score (nSPS) is 15.7. The van der Waals surface area contributed by atoms with Crippen LogP contribution in [-0.2, 0) is 11.3 Å². The second-order valence-electron chi connectivity index (χ2n) is 7.25. The smallest absolute Gasteiger partial charge is 0.406 e. The lowest BCUT2D eigenvalue weighted by Gasteiger charge is -2.24. The Morgan fingerprint density at radius 3 is 2.45 bits per heavy atom. The van der Waals surface area contributed by atoms with E-state index in [2.05, 4.69) is 10.1 Å². The van der Waals surface area contributed by atoms with E-state index in [-0.39, 0.29) is 24.1 Å². The first kappa shape index (κ1) is 22.6. The fourth-order valence-electron chi connectivity index (χ4n) is 3.58. The second kappa shape index (κ2) is 9.82. The third-order valence-corrected chi connectivity index (χ3v) is 5.03. The molecule has 0 radical (unpaired) electrons. The van der Waals surface area contributed by atoms with Crippen molar-refractivity contribution in [1.29, 1.82) is 0 Å². The van der Waals surface area contributed by atoms with Crippen LogP contribution in [0.3, 0.4) is 0 Å². The molecular weight excluding hydrogens is 411 g/mol. The van der Waals surface area contributed by atoms with Gasteiger partial charge in [-0.15, -0.1) is 13.2 Å². The molecule has 1 unspecified atom stereocenters. The molecule has 3 rings (SSSR count). The molecule has 31 heavy (non-hydrogen) atoms. The number of nitrogens with one attached hydrogen (secondary N) is 1. The predicted octanol–water partition coefficient (Wildman–Crippen LogP) is 3.53. The number of carbonyl (C=O) groups excluding carboxylic acids is 2. The summed E-state index contributed by atoms with van der Waals surface area (Å²) in [6.45, 7) is 1.12. The van der Waals surface area contributed by atoms with E-state index in [1.165, 1.54) is 24.3 Å². The van der Waals surface area contributed by atoms with Gasteiger partial charge in [-0.2, -0.15) is 0 Å². The van der Waals surface area contributed by atoms with E-state index in [1.807, 2.05) is 0 Å². The Balaban J connectivity index is 1.67. The van der Waals surface area contributed by atoms with Gasteiger partial charge in [-0.05, 0) is 48.7 Å². The molecule has 0 aliphatic carbocycles. The summed E-state index contributed by atoms with van der Waals surface area (Å²) in [4.78, 5) is 27.4. The first-order valence-electron chi connectivity index (χ1n) is 10.0. The predicted molar refractivity (Wildman–Crippen MR) is 108 cm³/mol. The highest BCUT2D eigenvalue weighted by Crippen LogP contribution is 2.34. The number of fused-ring (bicyclic) bond motifs is 1. The van der Waals surface area contributed by atoms with E-state index in [0.717, 1.165) is 19.3 Å². The van der Waals surface area contributed by atoms with E-state index >= 15 is 0 Å². The van der Waals surface area contributed by atoms with Gasteiger partial charge in [-0.1, -0.05) is 36.8 Å². The zero-order chi connectivity index (χ0) is 22.4. The molecule has 1 aliphatic heterocycles. The lowest BCUT2D eigenvalue weighted by atomic mass is 10.0. The van der Waals surface area contributed by atoms with Crippen molar-refractivity contribution in [2.45, 2.75) is 38.2 Å². The molecule has 3 N–H and O–H groups in total. The number of carbonyl (C=O) groups is 2. The monoisotopic (exact) mass is 435 g/mol. The van der Waals surface area contributed by atoms with Gasteiger partial charge in [0.25, 0.3) is 5.91 Å². The minimum atomic E-state index is -4.76. The maximum atomic E-state index is 13.0. The number of hydrogen-bond acceptors (Lipinski definition) is 4. The van der Waals surface area contributed by atoms with Gasteiger partial charge < -0.3 is 20.7 Å². The fourth-order valence-corrected chi connectivity index (χ4v) is 3.58. The summed E-state index contributed by atoms with van der Waals surface area (Å²) in [7, 11) is 0. The summed E-state index contributed by atoms with van der Waals surface area (Å²) >= 11 is 0. The van der Waals surface area contributed by atoms with E-state index in [1.54, 1.807) is 29.2 Å². The Kier molecular flexibility index (Phi) is 7.17. The van der Waals surface area contributed by atoms with Crippen LogP contribution in [0.1, 0.15) is 46.8 Å². The molecule has 6 nitrogen and oxygen atoms in total. The molecule has 0 saturated carbocycles. The highest BCUT2D eigenvalue weighted by molar-refractivity contribution is 6.04. The van der Waals surface area contributed by atoms with Gasteiger partial charge in [0.2, 0.25) is 5.91 Å². The highest BCUT2D eigenvalue weighted by atomic mass is 19.4. The molecule has 2 aromatic rings. The minimum absolute atomic E-state index is 0.110. The molecular formula is C22H24F3N3O3. The van der Waals surface area contributed by atoms with E-state index in [0.29, 0.717) is 29.8 Å². The Hall–Kier alpha value is -3.07. The summed E-state index contributed by atoms with van der Waals surface area (Å²) in [5.41, 5.74) is 7.29. The first-order valence-corrected chi connectivity index (χ1v) is 10.0. The molecule has 9 heteroatoms. The topological polar surface area (TPSA) is 84.7 Å². The zero-order valence-corrected chi connectivity index (χ0v) is 16.8. The van der Waals surface area contributed by atoms with Gasteiger partial charge in [0, 0.05) is 18.7 Å². The molecule has 2 amide bonds. The molecule has 0 aromatic heterocycles. The number of amides is 2. The summed E-state index contributed by atoms with van der Waals surface area (Å²) < 4.78 is 40.7. The Labute approximate surface area is 178 Å². The quantitative estimate of drug-likeness (QED) is 0.591. The lowest BCUT2D eigenvalue weighted by molar-refractivity contribution is -0.274. The van der Waals surface area contributed by atoms with Crippen molar-refractivity contribution in [2.75, 3.05) is 13.1 Å². The number of ether oxygens (including phenoxy) is 1. The van der Waals surface area contributed by atoms with Gasteiger partial charge in [0.05, 0.1) is 0 Å². The first-order chi connectivity index (χ1) is 14.8. The van der Waals surface area contributed by atoms with E-state index in [9.17, 15) is 22.8 Å². The Bertz CT molecular complexity index is 916. The second-order valence-corrected chi connectivity index (χ2v) is 7.25. The average Bonchev–Trinajstić information content (AvgIpc) is 3.01. The van der Waals surface area contributed by atoms with E-state index < -0.39 is 12.4 Å². The summed E-state index contributed by atoms with van der Waals surface area (Å²) in [5.74, 6) is -0.855. The van der Waals surface area contributed by atoms with Crippen molar-refractivity contribution in [3.63, 3.8) is 0 Å². The number of nitrogens with zero attached hydrogens (tertiary/aromatic N) is 1. The van der Waals surface area contributed by atoms with Crippen LogP contribution in [0.15, 0.2) is 48.5 Å². The highest BCUT2D eigenvalue weighted by Gasteiger charge is 2.40. The van der Waals surface area contributed by atoms with Crippen molar-refractivity contribution in [3.05, 3.63) is 65.2 Å². The summed E-state index contributed by atoms with van der Waals surface area (Å²) in [5, 5.41) is 2.79. The number of halogens is 3. The number of unbranched alkanes of at least 4 members (excludes halogenated alkanes) is 2. The molecule has 1 atom stereocenters. The van der Waals surface area contributed by atoms with Crippen LogP contribution >= 0.6 is 0 Å². The van der Waals surface area contributed by atoms with Gasteiger partial charge >= 0.3 is 6.36 Å². The number of hydrogen-bond donors (Lipinski definition) is 2. The number of benzene rings is 2. The SMILES string of the molecule is NCCCCCN1C(=O)c2ccccc2C1C(=O)NCc1ccc(OC(F)(F)F)cc1. The summed E-state index contributed by atoms with van der Waals surface area (Å²) in [6, 6.07) is 11.5. The third-order valence-electron chi connectivity index (χ3n) is 5.03. The van der Waals surface area contributed by atoms with Gasteiger partial charge in [-0.25, -0.2) is 0 Å². The maximum absolute atomic E-state index is 13.0. The molecule has 1 heterocycles. The number of nitrogens with two attached hydrogens (primary N) is 1. The molecule has 1 aliphatic rings. The van der Waals surface area contributed by atoms with Crippen LogP contribution < -0.4 is 15.8 Å². The molecule has 0 fully saturated rings. The van der Waals surface area contributed by atoms with Crippen molar-refractivity contribution >= 4 is 11.8 Å². The molecule has 0 bridgehead atoms. The summed E-state index contributed by atoms with van der Waals surface area (Å²) in [6.07, 6.45) is -2.32. The van der Waals surface area contributed by atoms with Gasteiger partial charge in [0.15, 0.2) is 0 Å². The minimum Gasteiger partial charge on any atom is -0.406 e. The van der Waals surface area contributed by atoms with Gasteiger partial charge in [0.1, 0.15) is 11.8 Å². The maximum Gasteiger partial charge on any atom is 0.573 e. The van der Waals surface area contributed by atoms with Crippen LogP contribution in [0.5, 0.6) is 5.75 Å². The van der Waals surface area contributed by atoms with Gasteiger partial charge in [-0.3, -0.25) is 9.59 Å². The van der Waals surface area contributed by atoms with Crippen LogP contribution in [0.2, 0.25) is 0 Å². The van der Waals surface area contributed by atoms with Crippen LogP contribution in [0, 0.1) is 0 Å². The van der Waals surface area contributed by atoms with Crippen molar-refractivity contribution in [2.24, 2.45) is 5.73 Å². The number of alkyl halides is 3. The van der Waals surface area contributed by atoms with Crippen molar-refractivity contribution in [1.82, 2.24) is 10.2 Å². The third kappa shape index (κ3) is 5.75. The Morgan fingerprint density at radius 2 is 1.77 bits per heavy atom. The van der Waals surface area contributed by atoms with Crippen molar-refractivity contribution < 1.29 is 27.5 Å². The van der Waals surface area contributed by atoms with E-state index in [4.69, 9.17) is 5.73 Å². The zero-order valence-electron chi connectivity index (χ0n) is 16.8. The fraction of sp³-hybridized carbons (Fsp3) is 0.364. The standard InChI is InChI=1S/C22H24F3N3O3/c23-22(24,25)31-16-10-8-15(9-11-16)14-27-20(29)19-17-6-2-3-7-18(17)21(30)28(19)13-5-1-4-12-26/h2-3,6-11,19H,1,4-5,12-14,26H2,(H,27,29). The van der Waals surface area contributed by atoms with Crippen molar-refractivity contribution in [3.8, 4) is 5.75 Å². The van der Waals surface area contributed by atoms with Crippen LogP contribution in [0.25, 0.3) is 0 Å². The molecule has 2 aromatic carbocycles. The van der Waals surface area contributed by atoms with Crippen LogP contribution in [0.4, 0.5) is 13.2 Å². The Morgan fingerprint density at radius 1 is 1.06 bits per heavy atom. The average molecular weight is 435 g/mol. The van der Waals surface area contributed by atoms with Crippen LogP contribution in [-0.4, -0.2) is 36.2 Å². The molecule has 166 valence electrons. The molecule has 0 saturated heterocycles. The largest absolute Gasteiger partial charge is 0.573 e. The number of rotatable bonds is 9. The molecule has 0 spiro atoms. The lowest BCUT2D eigenvalue weighted by Crippen LogP contribution is -2.39.